The Balaban J connectivity index is 2.38. The largest absolute Gasteiger partial charge is 0.465 e. The van der Waals surface area contributed by atoms with Gasteiger partial charge in [-0.1, -0.05) is 27.2 Å². The maximum atomic E-state index is 10.0. The van der Waals surface area contributed by atoms with Gasteiger partial charge < -0.3 is 14.6 Å². The van der Waals surface area contributed by atoms with Crippen molar-refractivity contribution >= 4 is 6.47 Å². The molecule has 1 rings (SSSR count). The van der Waals surface area contributed by atoms with Crippen molar-refractivity contribution < 1.29 is 19.4 Å². The first-order valence-corrected chi connectivity index (χ1v) is 6.89. The van der Waals surface area contributed by atoms with Crippen molar-refractivity contribution in [2.75, 3.05) is 13.2 Å². The van der Waals surface area contributed by atoms with Crippen LogP contribution in [0.3, 0.4) is 0 Å². The normalized spacial score (nSPS) is 30.2. The van der Waals surface area contributed by atoms with Crippen molar-refractivity contribution in [1.29, 1.82) is 0 Å². The van der Waals surface area contributed by atoms with E-state index in [2.05, 4.69) is 25.5 Å². The van der Waals surface area contributed by atoms with E-state index in [1.54, 1.807) is 0 Å². The van der Waals surface area contributed by atoms with Gasteiger partial charge in [-0.25, -0.2) is 0 Å². The second-order valence-electron chi connectivity index (χ2n) is 5.78. The van der Waals surface area contributed by atoms with Gasteiger partial charge in [0.05, 0.1) is 12.7 Å². The lowest BCUT2D eigenvalue weighted by molar-refractivity contribution is -0.134. The van der Waals surface area contributed by atoms with E-state index in [1.807, 2.05) is 0 Å². The highest BCUT2D eigenvalue weighted by atomic mass is 16.5. The summed E-state index contributed by atoms with van der Waals surface area (Å²) in [5, 5.41) is 9.59. The van der Waals surface area contributed by atoms with Gasteiger partial charge in [0.2, 0.25) is 0 Å². The number of hydrogen-bond acceptors (Lipinski definition) is 4. The van der Waals surface area contributed by atoms with Gasteiger partial charge in [0.25, 0.3) is 6.47 Å². The Hall–Kier alpha value is -0.610. The Kier molecular flexibility index (Phi) is 6.65. The minimum Gasteiger partial charge on any atom is -0.465 e. The zero-order valence-electron chi connectivity index (χ0n) is 11.7. The number of ether oxygens (including phenoxy) is 2. The maximum Gasteiger partial charge on any atom is 0.293 e. The summed E-state index contributed by atoms with van der Waals surface area (Å²) in [5.41, 5.74) is 0. The first-order chi connectivity index (χ1) is 8.54. The third-order valence-corrected chi connectivity index (χ3v) is 3.82. The second kappa shape index (κ2) is 7.74. The molecule has 0 saturated heterocycles. The van der Waals surface area contributed by atoms with Gasteiger partial charge in [-0.2, -0.15) is 0 Å². The van der Waals surface area contributed by atoms with Crippen LogP contribution in [0.2, 0.25) is 0 Å². The third-order valence-electron chi connectivity index (χ3n) is 3.82. The summed E-state index contributed by atoms with van der Waals surface area (Å²) < 4.78 is 10.4. The van der Waals surface area contributed by atoms with Gasteiger partial charge in [-0.05, 0) is 30.6 Å². The van der Waals surface area contributed by atoms with Gasteiger partial charge in [0.15, 0.2) is 0 Å². The lowest BCUT2D eigenvalue weighted by atomic mass is 9.75. The molecule has 0 aromatic heterocycles. The molecule has 1 aliphatic rings. The van der Waals surface area contributed by atoms with Gasteiger partial charge in [-0.15, -0.1) is 0 Å². The summed E-state index contributed by atoms with van der Waals surface area (Å²) in [6.07, 6.45) is 3.02. The molecule has 0 amide bonds. The third kappa shape index (κ3) is 4.94. The molecule has 0 heterocycles. The monoisotopic (exact) mass is 258 g/mol. The molecule has 0 aromatic carbocycles. The molecular formula is C14H26O4. The molecule has 18 heavy (non-hydrogen) atoms. The Morgan fingerprint density at radius 1 is 1.33 bits per heavy atom. The van der Waals surface area contributed by atoms with Crippen LogP contribution >= 0.6 is 0 Å². The zero-order chi connectivity index (χ0) is 13.5. The van der Waals surface area contributed by atoms with Crippen LogP contribution in [-0.4, -0.2) is 37.0 Å². The van der Waals surface area contributed by atoms with Crippen molar-refractivity contribution in [3.8, 4) is 0 Å². The number of rotatable bonds is 7. The fourth-order valence-electron chi connectivity index (χ4n) is 2.74. The zero-order valence-corrected chi connectivity index (χ0v) is 11.7. The van der Waals surface area contributed by atoms with Crippen molar-refractivity contribution in [2.45, 2.75) is 52.2 Å². The molecule has 4 nitrogen and oxygen atoms in total. The van der Waals surface area contributed by atoms with Crippen LogP contribution in [0.5, 0.6) is 0 Å². The lowest BCUT2D eigenvalue weighted by Gasteiger charge is -2.37. The van der Waals surface area contributed by atoms with Crippen LogP contribution in [0.4, 0.5) is 0 Å². The quantitative estimate of drug-likeness (QED) is 0.710. The van der Waals surface area contributed by atoms with Crippen LogP contribution in [-0.2, 0) is 14.3 Å². The second-order valence-corrected chi connectivity index (χ2v) is 5.78. The topological polar surface area (TPSA) is 55.8 Å². The van der Waals surface area contributed by atoms with Crippen LogP contribution in [0.1, 0.15) is 40.0 Å². The van der Waals surface area contributed by atoms with Crippen LogP contribution < -0.4 is 0 Å². The summed E-state index contributed by atoms with van der Waals surface area (Å²) in [4.78, 5) is 10.0. The molecule has 0 aliphatic heterocycles. The van der Waals surface area contributed by atoms with E-state index < -0.39 is 6.10 Å². The summed E-state index contributed by atoms with van der Waals surface area (Å²) in [6, 6.07) is 0. The van der Waals surface area contributed by atoms with Gasteiger partial charge >= 0.3 is 0 Å². The highest BCUT2D eigenvalue weighted by Gasteiger charge is 2.31. The fourth-order valence-corrected chi connectivity index (χ4v) is 2.74. The first kappa shape index (κ1) is 15.4. The van der Waals surface area contributed by atoms with E-state index in [0.717, 1.165) is 6.42 Å². The molecule has 1 saturated carbocycles. The van der Waals surface area contributed by atoms with E-state index in [4.69, 9.17) is 4.74 Å². The Labute approximate surface area is 110 Å². The van der Waals surface area contributed by atoms with Crippen LogP contribution in [0, 0.1) is 17.8 Å². The Morgan fingerprint density at radius 3 is 2.67 bits per heavy atom. The van der Waals surface area contributed by atoms with Crippen molar-refractivity contribution in [3.63, 3.8) is 0 Å². The summed E-state index contributed by atoms with van der Waals surface area (Å²) in [6.45, 7) is 7.31. The molecule has 1 aliphatic carbocycles. The SMILES string of the molecule is CC1CCC(C(C)C)C(OCC(O)COC=O)C1. The molecule has 0 aromatic rings. The molecule has 4 unspecified atom stereocenters. The molecule has 0 radical (unpaired) electrons. The molecule has 0 spiro atoms. The predicted molar refractivity (Wildman–Crippen MR) is 69.1 cm³/mol. The fraction of sp³-hybridized carbons (Fsp3) is 0.929. The predicted octanol–water partition coefficient (Wildman–Crippen LogP) is 2.00. The first-order valence-electron chi connectivity index (χ1n) is 6.89. The number of carbonyl (C=O) groups is 1. The van der Waals surface area contributed by atoms with E-state index in [0.29, 0.717) is 24.2 Å². The van der Waals surface area contributed by atoms with E-state index in [-0.39, 0.29) is 19.3 Å². The minimum atomic E-state index is -0.722. The molecule has 4 heteroatoms. The number of hydrogen-bond donors (Lipinski definition) is 1. The smallest absolute Gasteiger partial charge is 0.293 e. The molecular weight excluding hydrogens is 232 g/mol. The number of aliphatic hydroxyl groups is 1. The maximum absolute atomic E-state index is 10.0. The highest BCUT2D eigenvalue weighted by Crippen LogP contribution is 2.35. The van der Waals surface area contributed by atoms with E-state index in [1.165, 1.54) is 12.8 Å². The van der Waals surface area contributed by atoms with Gasteiger partial charge in [-0.3, -0.25) is 4.79 Å². The van der Waals surface area contributed by atoms with Crippen LogP contribution in [0.25, 0.3) is 0 Å². The molecule has 0 bridgehead atoms. The minimum absolute atomic E-state index is 0.0120. The van der Waals surface area contributed by atoms with Gasteiger partial charge in [0.1, 0.15) is 12.7 Å². The summed E-state index contributed by atoms with van der Waals surface area (Å²) >= 11 is 0. The van der Waals surface area contributed by atoms with Crippen molar-refractivity contribution in [1.82, 2.24) is 0 Å². The lowest BCUT2D eigenvalue weighted by Crippen LogP contribution is -2.36. The van der Waals surface area contributed by atoms with Crippen LogP contribution in [0.15, 0.2) is 0 Å². The van der Waals surface area contributed by atoms with E-state index >= 15 is 0 Å². The summed E-state index contributed by atoms with van der Waals surface area (Å²) in [7, 11) is 0. The Bertz CT molecular complexity index is 242. The average molecular weight is 258 g/mol. The number of aliphatic hydroxyl groups excluding tert-OH is 1. The highest BCUT2D eigenvalue weighted by molar-refractivity contribution is 5.36. The molecule has 106 valence electrons. The molecule has 1 N–H and O–H groups in total. The standard InChI is InChI=1S/C14H26O4/c1-10(2)13-5-4-11(3)6-14(13)18-8-12(16)7-17-9-15/h9-14,16H,4-8H2,1-3H3. The van der Waals surface area contributed by atoms with E-state index in [9.17, 15) is 9.90 Å². The number of carbonyl (C=O) groups excluding carboxylic acids is 1. The molecule has 1 fully saturated rings. The Morgan fingerprint density at radius 2 is 2.06 bits per heavy atom. The van der Waals surface area contributed by atoms with Crippen molar-refractivity contribution in [3.05, 3.63) is 0 Å². The van der Waals surface area contributed by atoms with Gasteiger partial charge in [0, 0.05) is 0 Å². The molecule has 4 atom stereocenters. The van der Waals surface area contributed by atoms with Crippen molar-refractivity contribution in [2.24, 2.45) is 17.8 Å². The summed E-state index contributed by atoms with van der Waals surface area (Å²) in [5.74, 6) is 1.86. The average Bonchev–Trinajstić information content (AvgIpc) is 2.33.